The lowest BCUT2D eigenvalue weighted by molar-refractivity contribution is 0.0990. The lowest BCUT2D eigenvalue weighted by Crippen LogP contribution is -2.27. The molecule has 0 atom stereocenters. The highest BCUT2D eigenvalue weighted by Crippen LogP contribution is 2.33. The van der Waals surface area contributed by atoms with Gasteiger partial charge >= 0.3 is 0 Å². The summed E-state index contributed by atoms with van der Waals surface area (Å²) in [5.74, 6) is -0.393. The van der Waals surface area contributed by atoms with E-state index in [-0.39, 0.29) is 11.8 Å². The molecule has 38 heavy (non-hydrogen) atoms. The van der Waals surface area contributed by atoms with Crippen molar-refractivity contribution in [3.8, 4) is 0 Å². The van der Waals surface area contributed by atoms with Crippen LogP contribution in [-0.2, 0) is 0 Å². The molecule has 0 saturated heterocycles. The minimum absolute atomic E-state index is 0.197. The first kappa shape index (κ1) is 25.3. The summed E-state index contributed by atoms with van der Waals surface area (Å²) in [6.45, 7) is 0. The molecular formula is C32H22Cl2N2O2. The maximum atomic E-state index is 13.6. The number of nitrogens with zero attached hydrogens (tertiary/aromatic N) is 2. The van der Waals surface area contributed by atoms with E-state index in [0.717, 1.165) is 11.4 Å². The smallest absolute Gasteiger partial charge is 0.262 e. The molecule has 0 radical (unpaired) electrons. The largest absolute Gasteiger partial charge is 0.277 e. The van der Waals surface area contributed by atoms with Gasteiger partial charge in [0.1, 0.15) is 0 Å². The Morgan fingerprint density at radius 2 is 0.684 bits per heavy atom. The van der Waals surface area contributed by atoms with Gasteiger partial charge in [0.15, 0.2) is 0 Å². The van der Waals surface area contributed by atoms with Crippen LogP contribution in [0.5, 0.6) is 0 Å². The third-order valence-electron chi connectivity index (χ3n) is 5.98. The summed E-state index contributed by atoms with van der Waals surface area (Å²) < 4.78 is 0. The van der Waals surface area contributed by atoms with Gasteiger partial charge in [-0.15, -0.1) is 0 Å². The van der Waals surface area contributed by atoms with E-state index in [9.17, 15) is 9.59 Å². The number of amides is 2. The number of carbonyl (C=O) groups is 2. The van der Waals surface area contributed by atoms with Crippen LogP contribution in [-0.4, -0.2) is 11.8 Å². The molecule has 0 heterocycles. The summed E-state index contributed by atoms with van der Waals surface area (Å²) in [6.07, 6.45) is 0. The van der Waals surface area contributed by atoms with Gasteiger partial charge in [-0.1, -0.05) is 59.6 Å². The highest BCUT2D eigenvalue weighted by atomic mass is 35.5. The van der Waals surface area contributed by atoms with Gasteiger partial charge in [0, 0.05) is 43.9 Å². The van der Waals surface area contributed by atoms with Gasteiger partial charge < -0.3 is 0 Å². The molecule has 0 aromatic heterocycles. The molecule has 0 spiro atoms. The lowest BCUT2D eigenvalue weighted by Gasteiger charge is -2.26. The predicted octanol–water partition coefficient (Wildman–Crippen LogP) is 8.95. The first-order valence-electron chi connectivity index (χ1n) is 11.9. The number of benzene rings is 5. The lowest BCUT2D eigenvalue weighted by atomic mass is 10.1. The Hall–Kier alpha value is -4.38. The number of hydrogen-bond donors (Lipinski definition) is 0. The Kier molecular flexibility index (Phi) is 7.55. The molecule has 5 aromatic carbocycles. The normalized spacial score (nSPS) is 10.6. The predicted molar refractivity (Wildman–Crippen MR) is 155 cm³/mol. The average molecular weight is 537 g/mol. The topological polar surface area (TPSA) is 40.6 Å². The van der Waals surface area contributed by atoms with Crippen LogP contribution in [0.15, 0.2) is 133 Å². The minimum Gasteiger partial charge on any atom is -0.277 e. The molecule has 0 bridgehead atoms. The summed E-state index contributed by atoms with van der Waals surface area (Å²) in [6, 6.07) is 39.8. The van der Waals surface area contributed by atoms with Crippen LogP contribution in [0.3, 0.4) is 0 Å². The van der Waals surface area contributed by atoms with Crippen LogP contribution >= 0.6 is 23.2 Å². The van der Waals surface area contributed by atoms with Crippen molar-refractivity contribution in [1.82, 2.24) is 0 Å². The molecule has 0 N–H and O–H groups in total. The van der Waals surface area contributed by atoms with Crippen LogP contribution in [0.4, 0.5) is 22.7 Å². The van der Waals surface area contributed by atoms with E-state index in [1.165, 1.54) is 0 Å². The Labute approximate surface area is 231 Å². The summed E-state index contributed by atoms with van der Waals surface area (Å²) in [5.41, 5.74) is 3.77. The zero-order chi connectivity index (χ0) is 26.5. The van der Waals surface area contributed by atoms with E-state index in [1.807, 2.05) is 84.9 Å². The summed E-state index contributed by atoms with van der Waals surface area (Å²) in [7, 11) is 0. The monoisotopic (exact) mass is 536 g/mol. The van der Waals surface area contributed by atoms with Gasteiger partial charge in [-0.05, 0) is 97.1 Å². The summed E-state index contributed by atoms with van der Waals surface area (Å²) in [4.78, 5) is 30.5. The fraction of sp³-hybridized carbons (Fsp3) is 0. The highest BCUT2D eigenvalue weighted by molar-refractivity contribution is 6.31. The molecule has 6 heteroatoms. The number of para-hydroxylation sites is 2. The molecule has 186 valence electrons. The maximum Gasteiger partial charge on any atom is 0.262 e. The molecule has 5 aromatic rings. The third-order valence-corrected chi connectivity index (χ3v) is 6.49. The van der Waals surface area contributed by atoms with Gasteiger partial charge in [0.25, 0.3) is 11.8 Å². The third kappa shape index (κ3) is 5.47. The first-order chi connectivity index (χ1) is 18.5. The Balaban J connectivity index is 1.54. The van der Waals surface area contributed by atoms with Crippen LogP contribution in [0.2, 0.25) is 10.0 Å². The van der Waals surface area contributed by atoms with Crippen molar-refractivity contribution in [1.29, 1.82) is 0 Å². The number of halogens is 2. The van der Waals surface area contributed by atoms with Crippen molar-refractivity contribution in [3.63, 3.8) is 0 Å². The van der Waals surface area contributed by atoms with E-state index >= 15 is 0 Å². The van der Waals surface area contributed by atoms with Crippen molar-refractivity contribution < 1.29 is 9.59 Å². The van der Waals surface area contributed by atoms with Crippen molar-refractivity contribution >= 4 is 57.8 Å². The number of carbonyl (C=O) groups excluding carboxylic acids is 2. The fourth-order valence-corrected chi connectivity index (χ4v) is 4.37. The molecule has 4 nitrogen and oxygen atoms in total. The average Bonchev–Trinajstić information content (AvgIpc) is 2.96. The molecular weight excluding hydrogens is 515 g/mol. The second-order valence-electron chi connectivity index (χ2n) is 8.48. The van der Waals surface area contributed by atoms with Crippen LogP contribution < -0.4 is 9.80 Å². The first-order valence-corrected chi connectivity index (χ1v) is 12.7. The zero-order valence-corrected chi connectivity index (χ0v) is 21.7. The van der Waals surface area contributed by atoms with Gasteiger partial charge in [-0.2, -0.15) is 0 Å². The minimum atomic E-state index is -0.197. The quantitative estimate of drug-likeness (QED) is 0.217. The Morgan fingerprint density at radius 1 is 0.395 bits per heavy atom. The molecule has 0 unspecified atom stereocenters. The van der Waals surface area contributed by atoms with Crippen molar-refractivity contribution in [2.45, 2.75) is 0 Å². The van der Waals surface area contributed by atoms with Crippen LogP contribution in [0.1, 0.15) is 20.7 Å². The summed E-state index contributed by atoms with van der Waals surface area (Å²) >= 11 is 12.1. The molecule has 0 fully saturated rings. The van der Waals surface area contributed by atoms with Crippen molar-refractivity contribution in [3.05, 3.63) is 155 Å². The van der Waals surface area contributed by atoms with E-state index in [4.69, 9.17) is 23.2 Å². The maximum absolute atomic E-state index is 13.6. The van der Waals surface area contributed by atoms with Crippen LogP contribution in [0, 0.1) is 0 Å². The summed E-state index contributed by atoms with van der Waals surface area (Å²) in [5, 5.41) is 1.12. The number of anilines is 4. The Morgan fingerprint density at radius 3 is 1.00 bits per heavy atom. The number of rotatable bonds is 6. The molecule has 0 saturated carbocycles. The SMILES string of the molecule is O=C(c1ccc(Cl)cc1)N(c1ccccc1)c1ccc(N(C(=O)c2ccc(Cl)cc2)c2ccccc2)cc1. The Bertz CT molecular complexity index is 1420. The molecule has 0 aliphatic carbocycles. The number of hydrogen-bond acceptors (Lipinski definition) is 2. The van der Waals surface area contributed by atoms with Gasteiger partial charge in [0.2, 0.25) is 0 Å². The van der Waals surface area contributed by atoms with Crippen molar-refractivity contribution in [2.24, 2.45) is 0 Å². The molecule has 0 aliphatic rings. The van der Waals surface area contributed by atoms with Gasteiger partial charge in [-0.3, -0.25) is 19.4 Å². The second kappa shape index (κ2) is 11.3. The fourth-order valence-electron chi connectivity index (χ4n) is 4.12. The zero-order valence-electron chi connectivity index (χ0n) is 20.2. The van der Waals surface area contributed by atoms with Crippen molar-refractivity contribution in [2.75, 3.05) is 9.80 Å². The van der Waals surface area contributed by atoms with Crippen LogP contribution in [0.25, 0.3) is 0 Å². The molecule has 5 rings (SSSR count). The second-order valence-corrected chi connectivity index (χ2v) is 9.36. The van der Waals surface area contributed by atoms with E-state index in [1.54, 1.807) is 58.3 Å². The van der Waals surface area contributed by atoms with Gasteiger partial charge in [0.05, 0.1) is 0 Å². The van der Waals surface area contributed by atoms with E-state index < -0.39 is 0 Å². The molecule has 2 amide bonds. The standard InChI is InChI=1S/C32H22Cl2N2O2/c33-25-15-11-23(12-16-25)31(37)35(27-7-3-1-4-8-27)29-19-21-30(22-20-29)36(28-9-5-2-6-10-28)32(38)24-13-17-26(34)18-14-24/h1-22H. The van der Waals surface area contributed by atoms with Gasteiger partial charge in [-0.25, -0.2) is 0 Å². The van der Waals surface area contributed by atoms with E-state index in [2.05, 4.69) is 0 Å². The molecule has 0 aliphatic heterocycles. The van der Waals surface area contributed by atoms with E-state index in [0.29, 0.717) is 32.5 Å². The highest BCUT2D eigenvalue weighted by Gasteiger charge is 2.23.